The van der Waals surface area contributed by atoms with Crippen LogP contribution in [-0.4, -0.2) is 65.2 Å². The minimum absolute atomic E-state index is 0.0622. The number of rotatable bonds is 4. The molecule has 2 heterocycles. The van der Waals surface area contributed by atoms with E-state index in [1.165, 1.54) is 0 Å². The molecule has 8 nitrogen and oxygen atoms in total. The van der Waals surface area contributed by atoms with E-state index in [1.807, 2.05) is 20.8 Å². The first-order chi connectivity index (χ1) is 11.4. The molecule has 0 unspecified atom stereocenters. The van der Waals surface area contributed by atoms with Gasteiger partial charge < -0.3 is 15.5 Å². The van der Waals surface area contributed by atoms with E-state index in [0.717, 1.165) is 37.7 Å². The standard InChI is InChI=1S/C16H29N7O/c1-16(2,3)14(24)18-7-8-19-15(17-4)23-9-5-12(6-10-23)13-20-11-21-22-13/h11-12H,5-10H2,1-4H3,(H,17,19)(H,18,24)(H,20,21,22). The van der Waals surface area contributed by atoms with E-state index in [1.54, 1.807) is 13.4 Å². The fourth-order valence-electron chi connectivity index (χ4n) is 2.72. The fraction of sp³-hybridized carbons (Fsp3) is 0.750. The summed E-state index contributed by atoms with van der Waals surface area (Å²) in [5, 5.41) is 13.1. The van der Waals surface area contributed by atoms with Crippen LogP contribution in [0.25, 0.3) is 0 Å². The number of amides is 1. The molecule has 2 rings (SSSR count). The van der Waals surface area contributed by atoms with Crippen molar-refractivity contribution in [1.82, 2.24) is 30.7 Å². The molecule has 0 radical (unpaired) electrons. The second-order valence-electron chi connectivity index (χ2n) is 7.11. The number of likely N-dealkylation sites (tertiary alicyclic amines) is 1. The van der Waals surface area contributed by atoms with Crippen molar-refractivity contribution in [1.29, 1.82) is 0 Å². The highest BCUT2D eigenvalue weighted by Gasteiger charge is 2.24. The number of aliphatic imine (C=N–C) groups is 1. The lowest BCUT2D eigenvalue weighted by molar-refractivity contribution is -0.128. The van der Waals surface area contributed by atoms with Crippen molar-refractivity contribution in [3.05, 3.63) is 12.2 Å². The van der Waals surface area contributed by atoms with Crippen molar-refractivity contribution in [2.45, 2.75) is 39.5 Å². The van der Waals surface area contributed by atoms with E-state index in [9.17, 15) is 4.79 Å². The van der Waals surface area contributed by atoms with E-state index in [4.69, 9.17) is 0 Å². The fourth-order valence-corrected chi connectivity index (χ4v) is 2.72. The molecule has 1 fully saturated rings. The number of H-pyrrole nitrogens is 1. The molecular formula is C16H29N7O. The van der Waals surface area contributed by atoms with Gasteiger partial charge in [-0.15, -0.1) is 0 Å². The largest absolute Gasteiger partial charge is 0.354 e. The van der Waals surface area contributed by atoms with Gasteiger partial charge >= 0.3 is 0 Å². The van der Waals surface area contributed by atoms with Crippen molar-refractivity contribution in [3.8, 4) is 0 Å². The molecule has 0 aliphatic carbocycles. The Morgan fingerprint density at radius 3 is 2.54 bits per heavy atom. The summed E-state index contributed by atoms with van der Waals surface area (Å²) in [5.74, 6) is 2.36. The van der Waals surface area contributed by atoms with Crippen LogP contribution in [0.2, 0.25) is 0 Å². The maximum atomic E-state index is 11.8. The molecule has 134 valence electrons. The number of hydrogen-bond acceptors (Lipinski definition) is 4. The van der Waals surface area contributed by atoms with Gasteiger partial charge in [-0.3, -0.25) is 14.9 Å². The smallest absolute Gasteiger partial charge is 0.225 e. The van der Waals surface area contributed by atoms with Crippen LogP contribution in [0.5, 0.6) is 0 Å². The lowest BCUT2D eigenvalue weighted by Crippen LogP contribution is -2.47. The molecule has 0 bridgehead atoms. The normalized spacial score (nSPS) is 17.0. The molecule has 0 spiro atoms. The van der Waals surface area contributed by atoms with Crippen molar-refractivity contribution in [2.75, 3.05) is 33.2 Å². The third kappa shape index (κ3) is 4.94. The molecular weight excluding hydrogens is 306 g/mol. The van der Waals surface area contributed by atoms with Gasteiger partial charge in [0, 0.05) is 44.6 Å². The molecule has 1 amide bonds. The monoisotopic (exact) mass is 335 g/mol. The summed E-state index contributed by atoms with van der Waals surface area (Å²) >= 11 is 0. The number of carbonyl (C=O) groups excluding carboxylic acids is 1. The van der Waals surface area contributed by atoms with E-state index in [0.29, 0.717) is 19.0 Å². The van der Waals surface area contributed by atoms with Crippen LogP contribution in [-0.2, 0) is 4.79 Å². The predicted molar refractivity (Wildman–Crippen MR) is 93.8 cm³/mol. The maximum absolute atomic E-state index is 11.8. The lowest BCUT2D eigenvalue weighted by atomic mass is 9.96. The van der Waals surface area contributed by atoms with Crippen LogP contribution in [0.1, 0.15) is 45.4 Å². The van der Waals surface area contributed by atoms with Crippen LogP contribution < -0.4 is 10.6 Å². The Morgan fingerprint density at radius 1 is 1.33 bits per heavy atom. The quantitative estimate of drug-likeness (QED) is 0.428. The molecule has 1 aliphatic rings. The van der Waals surface area contributed by atoms with Crippen LogP contribution >= 0.6 is 0 Å². The molecule has 0 saturated carbocycles. The second kappa shape index (κ2) is 8.12. The van der Waals surface area contributed by atoms with Gasteiger partial charge in [0.2, 0.25) is 5.91 Å². The Balaban J connectivity index is 1.72. The van der Waals surface area contributed by atoms with Gasteiger partial charge in [-0.05, 0) is 12.8 Å². The zero-order valence-corrected chi connectivity index (χ0v) is 15.1. The molecule has 1 aliphatic heterocycles. The first kappa shape index (κ1) is 18.2. The van der Waals surface area contributed by atoms with Gasteiger partial charge in [-0.1, -0.05) is 20.8 Å². The van der Waals surface area contributed by atoms with Gasteiger partial charge in [-0.2, -0.15) is 5.10 Å². The number of nitrogens with zero attached hydrogens (tertiary/aromatic N) is 4. The molecule has 3 N–H and O–H groups in total. The van der Waals surface area contributed by atoms with Crippen LogP contribution in [0.3, 0.4) is 0 Å². The molecule has 0 atom stereocenters. The molecule has 0 aromatic carbocycles. The number of aromatic nitrogens is 3. The zero-order chi connectivity index (χ0) is 17.6. The van der Waals surface area contributed by atoms with Gasteiger partial charge in [0.15, 0.2) is 5.96 Å². The molecule has 1 saturated heterocycles. The van der Waals surface area contributed by atoms with Crippen molar-refractivity contribution >= 4 is 11.9 Å². The average molecular weight is 335 g/mol. The van der Waals surface area contributed by atoms with E-state index >= 15 is 0 Å². The molecule has 8 heteroatoms. The number of carbonyl (C=O) groups is 1. The summed E-state index contributed by atoms with van der Waals surface area (Å²) in [5.41, 5.74) is -0.357. The summed E-state index contributed by atoms with van der Waals surface area (Å²) in [4.78, 5) is 22.7. The first-order valence-corrected chi connectivity index (χ1v) is 8.51. The summed E-state index contributed by atoms with van der Waals surface area (Å²) < 4.78 is 0. The number of aromatic amines is 1. The highest BCUT2D eigenvalue weighted by Crippen LogP contribution is 2.24. The Bertz CT molecular complexity index is 539. The second-order valence-corrected chi connectivity index (χ2v) is 7.11. The minimum atomic E-state index is -0.357. The van der Waals surface area contributed by atoms with E-state index in [-0.39, 0.29) is 11.3 Å². The van der Waals surface area contributed by atoms with Gasteiger partial charge in [0.1, 0.15) is 12.2 Å². The Labute approximate surface area is 143 Å². The van der Waals surface area contributed by atoms with Crippen molar-refractivity contribution < 1.29 is 4.79 Å². The topological polar surface area (TPSA) is 98.3 Å². The number of nitrogens with one attached hydrogen (secondary N) is 3. The van der Waals surface area contributed by atoms with Gasteiger partial charge in [0.05, 0.1) is 0 Å². The predicted octanol–water partition coefficient (Wildman–Crippen LogP) is 0.722. The summed E-state index contributed by atoms with van der Waals surface area (Å²) in [7, 11) is 1.79. The van der Waals surface area contributed by atoms with Crippen LogP contribution in [0.15, 0.2) is 11.3 Å². The summed E-state index contributed by atoms with van der Waals surface area (Å²) in [6, 6.07) is 0. The summed E-state index contributed by atoms with van der Waals surface area (Å²) in [6.45, 7) is 8.84. The van der Waals surface area contributed by atoms with Crippen LogP contribution in [0, 0.1) is 5.41 Å². The molecule has 24 heavy (non-hydrogen) atoms. The Kier molecular flexibility index (Phi) is 6.16. The average Bonchev–Trinajstić information content (AvgIpc) is 3.08. The van der Waals surface area contributed by atoms with Crippen molar-refractivity contribution in [3.63, 3.8) is 0 Å². The van der Waals surface area contributed by atoms with E-state index < -0.39 is 0 Å². The number of guanidine groups is 1. The van der Waals surface area contributed by atoms with Gasteiger partial charge in [-0.25, -0.2) is 4.98 Å². The first-order valence-electron chi connectivity index (χ1n) is 8.51. The SMILES string of the molecule is CN=C(NCCNC(=O)C(C)(C)C)N1CCC(c2ncn[nH]2)CC1. The number of hydrogen-bond donors (Lipinski definition) is 3. The third-order valence-electron chi connectivity index (χ3n) is 4.20. The Morgan fingerprint density at radius 2 is 2.00 bits per heavy atom. The minimum Gasteiger partial charge on any atom is -0.354 e. The molecule has 1 aromatic rings. The van der Waals surface area contributed by atoms with Gasteiger partial charge in [0.25, 0.3) is 0 Å². The highest BCUT2D eigenvalue weighted by molar-refractivity contribution is 5.82. The van der Waals surface area contributed by atoms with Crippen LogP contribution in [0.4, 0.5) is 0 Å². The maximum Gasteiger partial charge on any atom is 0.225 e. The van der Waals surface area contributed by atoms with E-state index in [2.05, 4.69) is 35.7 Å². The third-order valence-corrected chi connectivity index (χ3v) is 4.20. The lowest BCUT2D eigenvalue weighted by Gasteiger charge is -2.33. The number of piperidine rings is 1. The zero-order valence-electron chi connectivity index (χ0n) is 15.1. The van der Waals surface area contributed by atoms with Crippen molar-refractivity contribution in [2.24, 2.45) is 10.4 Å². The molecule has 1 aromatic heterocycles. The Hall–Kier alpha value is -2.12. The summed E-state index contributed by atoms with van der Waals surface area (Å²) in [6.07, 6.45) is 3.61. The highest BCUT2D eigenvalue weighted by atomic mass is 16.2.